The largest absolute Gasteiger partial charge is 0.462 e. The lowest BCUT2D eigenvalue weighted by molar-refractivity contribution is 0.000907. The molecule has 0 bridgehead atoms. The Labute approximate surface area is 136 Å². The second-order valence-corrected chi connectivity index (χ2v) is 6.21. The molecule has 1 saturated heterocycles. The van der Waals surface area contributed by atoms with Crippen molar-refractivity contribution >= 4 is 11.6 Å². The SMILES string of the molecule is CN(Cc1ccc(Cl)nc1)Cc1ccc(C2CCCCO2)o1. The molecule has 0 spiro atoms. The van der Waals surface area contributed by atoms with Crippen molar-refractivity contribution in [2.75, 3.05) is 13.7 Å². The highest BCUT2D eigenvalue weighted by atomic mass is 35.5. The summed E-state index contributed by atoms with van der Waals surface area (Å²) >= 11 is 5.80. The van der Waals surface area contributed by atoms with Crippen LogP contribution in [0.25, 0.3) is 0 Å². The van der Waals surface area contributed by atoms with Gasteiger partial charge in [-0.25, -0.2) is 4.98 Å². The minimum Gasteiger partial charge on any atom is -0.462 e. The van der Waals surface area contributed by atoms with Gasteiger partial charge in [0, 0.05) is 19.3 Å². The summed E-state index contributed by atoms with van der Waals surface area (Å²) in [6.45, 7) is 2.40. The van der Waals surface area contributed by atoms with E-state index < -0.39 is 0 Å². The Morgan fingerprint density at radius 3 is 2.86 bits per heavy atom. The molecule has 1 aliphatic rings. The van der Waals surface area contributed by atoms with Crippen LogP contribution >= 0.6 is 11.6 Å². The van der Waals surface area contributed by atoms with Gasteiger partial charge in [0.2, 0.25) is 0 Å². The molecular formula is C17H21ClN2O2. The van der Waals surface area contributed by atoms with E-state index in [1.54, 1.807) is 0 Å². The highest BCUT2D eigenvalue weighted by Gasteiger charge is 2.19. The van der Waals surface area contributed by atoms with E-state index in [-0.39, 0.29) is 6.10 Å². The van der Waals surface area contributed by atoms with Crippen LogP contribution < -0.4 is 0 Å². The predicted molar refractivity (Wildman–Crippen MR) is 85.7 cm³/mol. The molecule has 3 rings (SSSR count). The van der Waals surface area contributed by atoms with Gasteiger partial charge in [0.1, 0.15) is 22.8 Å². The van der Waals surface area contributed by atoms with Gasteiger partial charge in [0.15, 0.2) is 0 Å². The predicted octanol–water partition coefficient (Wildman–Crippen LogP) is 4.20. The van der Waals surface area contributed by atoms with Crippen molar-refractivity contribution < 1.29 is 9.15 Å². The molecule has 0 aliphatic carbocycles. The van der Waals surface area contributed by atoms with Gasteiger partial charge in [-0.15, -0.1) is 0 Å². The van der Waals surface area contributed by atoms with Crippen LogP contribution in [0.4, 0.5) is 0 Å². The average molecular weight is 321 g/mol. The van der Waals surface area contributed by atoms with Crippen molar-refractivity contribution in [3.8, 4) is 0 Å². The van der Waals surface area contributed by atoms with E-state index in [2.05, 4.69) is 16.9 Å². The standard InChI is InChI=1S/C17H21ClN2O2/c1-20(11-13-5-8-17(18)19-10-13)12-14-6-7-16(22-14)15-4-2-3-9-21-15/h5-8,10,15H,2-4,9,11-12H2,1H3. The van der Waals surface area contributed by atoms with Crippen LogP contribution in [0.15, 0.2) is 34.9 Å². The van der Waals surface area contributed by atoms with Crippen molar-refractivity contribution in [1.29, 1.82) is 0 Å². The lowest BCUT2D eigenvalue weighted by Crippen LogP contribution is -2.17. The zero-order chi connectivity index (χ0) is 15.4. The monoisotopic (exact) mass is 320 g/mol. The van der Waals surface area contributed by atoms with Crippen molar-refractivity contribution in [3.05, 3.63) is 52.7 Å². The number of hydrogen-bond acceptors (Lipinski definition) is 4. The van der Waals surface area contributed by atoms with Crippen LogP contribution in [0.1, 0.15) is 42.5 Å². The summed E-state index contributed by atoms with van der Waals surface area (Å²) < 4.78 is 11.7. The van der Waals surface area contributed by atoms with E-state index in [1.807, 2.05) is 30.5 Å². The molecule has 0 N–H and O–H groups in total. The van der Waals surface area contributed by atoms with Gasteiger partial charge in [-0.1, -0.05) is 17.7 Å². The lowest BCUT2D eigenvalue weighted by atomic mass is 10.1. The Balaban J connectivity index is 1.56. The van der Waals surface area contributed by atoms with Crippen LogP contribution in [0.2, 0.25) is 5.15 Å². The highest BCUT2D eigenvalue weighted by molar-refractivity contribution is 6.29. The van der Waals surface area contributed by atoms with Gasteiger partial charge < -0.3 is 9.15 Å². The Kier molecular flexibility index (Phi) is 5.13. The molecule has 0 saturated carbocycles. The number of ether oxygens (including phenoxy) is 1. The van der Waals surface area contributed by atoms with E-state index >= 15 is 0 Å². The van der Waals surface area contributed by atoms with Crippen LogP contribution in [-0.4, -0.2) is 23.5 Å². The molecule has 1 unspecified atom stereocenters. The summed E-state index contributed by atoms with van der Waals surface area (Å²) in [7, 11) is 2.06. The zero-order valence-electron chi connectivity index (χ0n) is 12.8. The smallest absolute Gasteiger partial charge is 0.133 e. The highest BCUT2D eigenvalue weighted by Crippen LogP contribution is 2.29. The summed E-state index contributed by atoms with van der Waals surface area (Å²) in [6.07, 6.45) is 5.36. The second kappa shape index (κ2) is 7.27. The Morgan fingerprint density at radius 2 is 2.14 bits per heavy atom. The molecule has 0 aromatic carbocycles. The molecule has 1 aliphatic heterocycles. The van der Waals surface area contributed by atoms with Crippen molar-refractivity contribution in [2.24, 2.45) is 0 Å². The molecule has 1 atom stereocenters. The molecule has 22 heavy (non-hydrogen) atoms. The third-order valence-electron chi connectivity index (χ3n) is 3.85. The maximum Gasteiger partial charge on any atom is 0.133 e. The summed E-state index contributed by atoms with van der Waals surface area (Å²) in [5.41, 5.74) is 1.13. The van der Waals surface area contributed by atoms with E-state index in [1.165, 1.54) is 6.42 Å². The quantitative estimate of drug-likeness (QED) is 0.774. The maximum atomic E-state index is 5.95. The first-order valence-corrected chi connectivity index (χ1v) is 8.08. The van der Waals surface area contributed by atoms with Gasteiger partial charge in [0.25, 0.3) is 0 Å². The summed E-state index contributed by atoms with van der Waals surface area (Å²) in [5, 5.41) is 0.523. The second-order valence-electron chi connectivity index (χ2n) is 5.82. The van der Waals surface area contributed by atoms with Gasteiger partial charge in [0.05, 0.1) is 6.54 Å². The normalized spacial score (nSPS) is 18.8. The lowest BCUT2D eigenvalue weighted by Gasteiger charge is -2.20. The Morgan fingerprint density at radius 1 is 1.23 bits per heavy atom. The minimum atomic E-state index is 0.133. The first-order chi connectivity index (χ1) is 10.7. The van der Waals surface area contributed by atoms with Crippen molar-refractivity contribution in [1.82, 2.24) is 9.88 Å². The van der Waals surface area contributed by atoms with E-state index in [0.717, 1.165) is 49.6 Å². The zero-order valence-corrected chi connectivity index (χ0v) is 13.6. The van der Waals surface area contributed by atoms with Crippen molar-refractivity contribution in [2.45, 2.75) is 38.5 Å². The third kappa shape index (κ3) is 4.09. The average Bonchev–Trinajstić information content (AvgIpc) is 2.99. The van der Waals surface area contributed by atoms with Gasteiger partial charge in [-0.2, -0.15) is 0 Å². The minimum absolute atomic E-state index is 0.133. The van der Waals surface area contributed by atoms with E-state index in [4.69, 9.17) is 20.8 Å². The fraction of sp³-hybridized carbons (Fsp3) is 0.471. The van der Waals surface area contributed by atoms with E-state index in [9.17, 15) is 0 Å². The fourth-order valence-electron chi connectivity index (χ4n) is 2.75. The Hall–Kier alpha value is -1.36. The molecule has 0 amide bonds. The number of furan rings is 1. The van der Waals surface area contributed by atoms with Gasteiger partial charge in [-0.05, 0) is 50.1 Å². The molecule has 1 fully saturated rings. The molecule has 2 aromatic rings. The van der Waals surface area contributed by atoms with Crippen LogP contribution in [0.3, 0.4) is 0 Å². The number of nitrogens with zero attached hydrogens (tertiary/aromatic N) is 2. The summed E-state index contributed by atoms with van der Waals surface area (Å²) in [5.74, 6) is 1.92. The first kappa shape index (κ1) is 15.5. The maximum absolute atomic E-state index is 5.95. The number of hydrogen-bond donors (Lipinski definition) is 0. The number of pyridine rings is 1. The number of halogens is 1. The third-order valence-corrected chi connectivity index (χ3v) is 4.07. The fourth-order valence-corrected chi connectivity index (χ4v) is 2.86. The van der Waals surface area contributed by atoms with Crippen LogP contribution in [0.5, 0.6) is 0 Å². The van der Waals surface area contributed by atoms with E-state index in [0.29, 0.717) is 5.15 Å². The Bertz CT molecular complexity index is 591. The first-order valence-electron chi connectivity index (χ1n) is 7.70. The molecule has 3 heterocycles. The van der Waals surface area contributed by atoms with Crippen LogP contribution in [-0.2, 0) is 17.8 Å². The molecule has 4 nitrogen and oxygen atoms in total. The van der Waals surface area contributed by atoms with Crippen LogP contribution in [0, 0.1) is 0 Å². The van der Waals surface area contributed by atoms with Gasteiger partial charge >= 0.3 is 0 Å². The molecular weight excluding hydrogens is 300 g/mol. The topological polar surface area (TPSA) is 38.5 Å². The molecule has 118 valence electrons. The summed E-state index contributed by atoms with van der Waals surface area (Å²) in [6, 6.07) is 7.90. The number of rotatable bonds is 5. The molecule has 2 aromatic heterocycles. The van der Waals surface area contributed by atoms with Gasteiger partial charge in [-0.3, -0.25) is 4.90 Å². The van der Waals surface area contributed by atoms with Crippen molar-refractivity contribution in [3.63, 3.8) is 0 Å². The number of aromatic nitrogens is 1. The summed E-state index contributed by atoms with van der Waals surface area (Å²) in [4.78, 5) is 6.29. The molecule has 0 radical (unpaired) electrons. The molecule has 5 heteroatoms.